The average molecular weight is 303 g/mol. The van der Waals surface area contributed by atoms with E-state index in [4.69, 9.17) is 11.6 Å². The zero-order valence-corrected chi connectivity index (χ0v) is 10.1. The lowest BCUT2D eigenvalue weighted by Gasteiger charge is -2.15. The fraction of sp³-hybridized carbons (Fsp3) is 0.429. The average Bonchev–Trinajstić information content (AvgIpc) is 2.73. The molecule has 0 unspecified atom stereocenters. The Labute approximate surface area is 108 Å². The number of halogens is 4. The summed E-state index contributed by atoms with van der Waals surface area (Å²) in [5.74, 6) is 0. The number of urea groups is 1. The largest absolute Gasteiger partial charge is 0.445 e. The minimum atomic E-state index is -4.62. The molecule has 1 heterocycles. The summed E-state index contributed by atoms with van der Waals surface area (Å²) in [6.07, 6.45) is -4.18. The molecule has 2 amide bonds. The van der Waals surface area contributed by atoms with Gasteiger partial charge in [0.25, 0.3) is 0 Å². The Kier molecular flexibility index (Phi) is 4.84. The maximum atomic E-state index is 12.2. The summed E-state index contributed by atoms with van der Waals surface area (Å²) in [6, 6.07) is -1.11. The molecule has 0 saturated heterocycles. The van der Waals surface area contributed by atoms with Gasteiger partial charge in [0.05, 0.1) is 12.5 Å². The molecule has 0 aromatic carbocycles. The molecule has 0 bridgehead atoms. The minimum Gasteiger partial charge on any atom is -0.304 e. The lowest BCUT2D eigenvalue weighted by atomic mass is 10.6. The van der Waals surface area contributed by atoms with Crippen LogP contribution in [-0.4, -0.2) is 40.0 Å². The molecular formula is C7H6ClF3N4O2S. The van der Waals surface area contributed by atoms with Crippen LogP contribution < -0.4 is 5.32 Å². The zero-order valence-electron chi connectivity index (χ0n) is 8.57. The molecule has 0 fully saturated rings. The van der Waals surface area contributed by atoms with Gasteiger partial charge in [-0.25, -0.2) is 4.79 Å². The maximum Gasteiger partial charge on any atom is 0.445 e. The van der Waals surface area contributed by atoms with E-state index in [1.54, 1.807) is 0 Å². The van der Waals surface area contributed by atoms with E-state index in [2.05, 4.69) is 15.5 Å². The summed E-state index contributed by atoms with van der Waals surface area (Å²) in [6.45, 7) is -0.278. The number of rotatable bonds is 4. The van der Waals surface area contributed by atoms with Gasteiger partial charge in [-0.1, -0.05) is 11.3 Å². The monoisotopic (exact) mass is 302 g/mol. The Bertz CT molecular complexity index is 439. The molecule has 0 atom stereocenters. The van der Waals surface area contributed by atoms with Gasteiger partial charge in [-0.2, -0.15) is 13.2 Å². The number of alkyl halides is 4. The van der Waals surface area contributed by atoms with Crippen molar-refractivity contribution in [3.05, 3.63) is 5.01 Å². The van der Waals surface area contributed by atoms with E-state index in [1.165, 1.54) is 0 Å². The molecule has 1 rings (SSSR count). The van der Waals surface area contributed by atoms with Crippen molar-refractivity contribution >= 4 is 40.4 Å². The first-order valence-electron chi connectivity index (χ1n) is 4.34. The molecule has 11 heteroatoms. The van der Waals surface area contributed by atoms with Crippen LogP contribution in [0.15, 0.2) is 0 Å². The molecule has 1 aromatic heterocycles. The smallest absolute Gasteiger partial charge is 0.304 e. The van der Waals surface area contributed by atoms with Gasteiger partial charge in [-0.05, 0) is 0 Å². The van der Waals surface area contributed by atoms with Crippen LogP contribution in [0.2, 0.25) is 0 Å². The normalized spacial score (nSPS) is 11.1. The maximum absolute atomic E-state index is 12.2. The van der Waals surface area contributed by atoms with Crippen LogP contribution >= 0.6 is 22.9 Å². The molecule has 1 N–H and O–H groups in total. The van der Waals surface area contributed by atoms with Gasteiger partial charge in [-0.3, -0.25) is 5.32 Å². The second-order valence-corrected chi connectivity index (χ2v) is 4.07. The number of carbonyl (C=O) groups is 2. The Morgan fingerprint density at radius 3 is 2.61 bits per heavy atom. The number of hydrogen-bond donors (Lipinski definition) is 1. The van der Waals surface area contributed by atoms with Crippen LogP contribution in [0, 0.1) is 0 Å². The SMILES string of the molecule is O=CCN(CCl)C(=O)Nc1nnc(C(F)(F)F)s1. The zero-order chi connectivity index (χ0) is 13.8. The van der Waals surface area contributed by atoms with Crippen molar-refractivity contribution in [3.8, 4) is 0 Å². The minimum absolute atomic E-state index is 0.177. The molecule has 0 aliphatic heterocycles. The third-order valence-electron chi connectivity index (χ3n) is 1.61. The van der Waals surface area contributed by atoms with Crippen molar-refractivity contribution in [1.82, 2.24) is 15.1 Å². The summed E-state index contributed by atoms with van der Waals surface area (Å²) in [7, 11) is 0. The van der Waals surface area contributed by atoms with Gasteiger partial charge in [0.15, 0.2) is 0 Å². The Morgan fingerprint density at radius 2 is 2.17 bits per heavy atom. The van der Waals surface area contributed by atoms with Crippen molar-refractivity contribution < 1.29 is 22.8 Å². The van der Waals surface area contributed by atoms with Gasteiger partial charge in [0.2, 0.25) is 10.1 Å². The lowest BCUT2D eigenvalue weighted by molar-refractivity contribution is -0.138. The second kappa shape index (κ2) is 5.96. The molecule has 100 valence electrons. The van der Waals surface area contributed by atoms with Crippen LogP contribution in [0.3, 0.4) is 0 Å². The second-order valence-electron chi connectivity index (χ2n) is 2.85. The number of aldehydes is 1. The summed E-state index contributed by atoms with van der Waals surface area (Å²) in [4.78, 5) is 22.5. The Hall–Kier alpha value is -1.42. The highest BCUT2D eigenvalue weighted by atomic mass is 35.5. The Balaban J connectivity index is 2.70. The van der Waals surface area contributed by atoms with Crippen LogP contribution in [0.25, 0.3) is 0 Å². The molecular weight excluding hydrogens is 297 g/mol. The van der Waals surface area contributed by atoms with Crippen LogP contribution in [0.5, 0.6) is 0 Å². The van der Waals surface area contributed by atoms with E-state index < -0.39 is 17.2 Å². The van der Waals surface area contributed by atoms with Gasteiger partial charge < -0.3 is 9.69 Å². The fourth-order valence-corrected chi connectivity index (χ4v) is 1.64. The third kappa shape index (κ3) is 3.81. The highest BCUT2D eigenvalue weighted by Gasteiger charge is 2.35. The van der Waals surface area contributed by atoms with E-state index >= 15 is 0 Å². The highest BCUT2D eigenvalue weighted by molar-refractivity contribution is 7.15. The predicted octanol–water partition coefficient (Wildman–Crippen LogP) is 1.79. The van der Waals surface area contributed by atoms with Crippen molar-refractivity contribution in [2.24, 2.45) is 0 Å². The van der Waals surface area contributed by atoms with Crippen LogP contribution in [-0.2, 0) is 11.0 Å². The molecule has 1 aromatic rings. The standard InChI is InChI=1S/C7H6ClF3N4O2S/c8-3-15(1-2-16)6(17)12-5-14-13-4(18-5)7(9,10)11/h2H,1,3H2,(H,12,14,17). The number of carbonyl (C=O) groups excluding carboxylic acids is 2. The van der Waals surface area contributed by atoms with Crippen molar-refractivity contribution in [1.29, 1.82) is 0 Å². The van der Waals surface area contributed by atoms with E-state index in [9.17, 15) is 22.8 Å². The van der Waals surface area contributed by atoms with E-state index in [-0.39, 0.29) is 29.0 Å². The number of nitrogens with zero attached hydrogens (tertiary/aromatic N) is 3. The number of aromatic nitrogens is 2. The Morgan fingerprint density at radius 1 is 1.50 bits per heavy atom. The molecule has 0 saturated carbocycles. The van der Waals surface area contributed by atoms with Crippen molar-refractivity contribution in [2.45, 2.75) is 6.18 Å². The summed E-state index contributed by atoms with van der Waals surface area (Å²) >= 11 is 5.56. The third-order valence-corrected chi connectivity index (χ3v) is 2.78. The summed E-state index contributed by atoms with van der Waals surface area (Å²) in [5, 5.41) is 6.60. The predicted molar refractivity (Wildman–Crippen MR) is 57.4 cm³/mol. The first kappa shape index (κ1) is 14.6. The molecule has 0 spiro atoms. The number of amides is 2. The van der Waals surface area contributed by atoms with Crippen molar-refractivity contribution in [2.75, 3.05) is 17.9 Å². The fourth-order valence-electron chi connectivity index (χ4n) is 0.835. The highest BCUT2D eigenvalue weighted by Crippen LogP contribution is 2.32. The number of hydrogen-bond acceptors (Lipinski definition) is 5. The van der Waals surface area contributed by atoms with E-state index in [0.717, 1.165) is 4.90 Å². The lowest BCUT2D eigenvalue weighted by Crippen LogP contribution is -2.35. The van der Waals surface area contributed by atoms with Gasteiger partial charge in [-0.15, -0.1) is 21.8 Å². The first-order chi connectivity index (χ1) is 8.38. The number of nitrogens with one attached hydrogen (secondary N) is 1. The van der Waals surface area contributed by atoms with Crippen molar-refractivity contribution in [3.63, 3.8) is 0 Å². The first-order valence-corrected chi connectivity index (χ1v) is 5.69. The number of anilines is 1. The van der Waals surface area contributed by atoms with E-state index in [1.807, 2.05) is 0 Å². The molecule has 0 aliphatic rings. The molecule has 6 nitrogen and oxygen atoms in total. The van der Waals surface area contributed by atoms with Crippen LogP contribution in [0.4, 0.5) is 23.1 Å². The molecule has 0 radical (unpaired) electrons. The van der Waals surface area contributed by atoms with Gasteiger partial charge >= 0.3 is 12.2 Å². The molecule has 18 heavy (non-hydrogen) atoms. The van der Waals surface area contributed by atoms with Gasteiger partial charge in [0.1, 0.15) is 6.29 Å². The summed E-state index contributed by atoms with van der Waals surface area (Å²) < 4.78 is 36.6. The van der Waals surface area contributed by atoms with Crippen LogP contribution in [0.1, 0.15) is 5.01 Å². The topological polar surface area (TPSA) is 75.2 Å². The molecule has 0 aliphatic carbocycles. The summed E-state index contributed by atoms with van der Waals surface area (Å²) in [5.41, 5.74) is 0. The van der Waals surface area contributed by atoms with E-state index in [0.29, 0.717) is 6.29 Å². The quantitative estimate of drug-likeness (QED) is 0.523. The van der Waals surface area contributed by atoms with Gasteiger partial charge in [0, 0.05) is 0 Å².